The molecule has 2 atom stereocenters. The lowest BCUT2D eigenvalue weighted by Gasteiger charge is -2.15. The zero-order valence-electron chi connectivity index (χ0n) is 12.1. The molecule has 1 N–H and O–H groups in total. The monoisotopic (exact) mass is 292 g/mol. The molecule has 0 amide bonds. The Morgan fingerprint density at radius 1 is 1.10 bits per heavy atom. The van der Waals surface area contributed by atoms with Gasteiger partial charge in [-0.3, -0.25) is 4.79 Å². The SMILES string of the molecule is COc1c2c(c(C(=O)C(=O)O)c3c1OC(C)C3)OC(C)C2. The maximum Gasteiger partial charge on any atom is 0.377 e. The van der Waals surface area contributed by atoms with Crippen molar-refractivity contribution in [1.29, 1.82) is 0 Å². The van der Waals surface area contributed by atoms with Gasteiger partial charge in [0.1, 0.15) is 18.0 Å². The van der Waals surface area contributed by atoms with Gasteiger partial charge in [-0.15, -0.1) is 0 Å². The van der Waals surface area contributed by atoms with E-state index in [1.54, 1.807) is 0 Å². The van der Waals surface area contributed by atoms with E-state index in [1.165, 1.54) is 7.11 Å². The van der Waals surface area contributed by atoms with Crippen molar-refractivity contribution in [3.05, 3.63) is 16.7 Å². The first-order valence-corrected chi connectivity index (χ1v) is 6.80. The summed E-state index contributed by atoms with van der Waals surface area (Å²) in [6.07, 6.45) is 0.762. The van der Waals surface area contributed by atoms with Gasteiger partial charge in [0.05, 0.1) is 12.7 Å². The lowest BCUT2D eigenvalue weighted by Crippen LogP contribution is -2.17. The number of ether oxygens (including phenoxy) is 3. The molecule has 0 saturated heterocycles. The molecule has 6 heteroatoms. The molecule has 0 bridgehead atoms. The van der Waals surface area contributed by atoms with E-state index in [1.807, 2.05) is 13.8 Å². The largest absolute Gasteiger partial charge is 0.492 e. The summed E-state index contributed by atoms with van der Waals surface area (Å²) in [6, 6.07) is 0. The second-order valence-corrected chi connectivity index (χ2v) is 5.42. The Morgan fingerprint density at radius 3 is 2.24 bits per heavy atom. The second-order valence-electron chi connectivity index (χ2n) is 5.42. The normalized spacial score (nSPS) is 22.0. The van der Waals surface area contributed by atoms with E-state index in [2.05, 4.69) is 0 Å². The van der Waals surface area contributed by atoms with Crippen molar-refractivity contribution in [2.45, 2.75) is 38.9 Å². The first-order valence-electron chi connectivity index (χ1n) is 6.80. The van der Waals surface area contributed by atoms with E-state index < -0.39 is 11.8 Å². The minimum atomic E-state index is -1.49. The maximum absolute atomic E-state index is 12.1. The van der Waals surface area contributed by atoms with Crippen LogP contribution in [0, 0.1) is 0 Å². The topological polar surface area (TPSA) is 82.1 Å². The number of hydrogen-bond acceptors (Lipinski definition) is 5. The predicted molar refractivity (Wildman–Crippen MR) is 72.5 cm³/mol. The highest BCUT2D eigenvalue weighted by atomic mass is 16.5. The molecular formula is C15H16O6. The number of carboxylic acid groups (broad SMARTS) is 1. The van der Waals surface area contributed by atoms with Gasteiger partial charge >= 0.3 is 5.97 Å². The first-order chi connectivity index (χ1) is 9.93. The zero-order chi connectivity index (χ0) is 15.3. The fourth-order valence-corrected chi connectivity index (χ4v) is 3.04. The highest BCUT2D eigenvalue weighted by Gasteiger charge is 2.40. The third kappa shape index (κ3) is 1.93. The fourth-order valence-electron chi connectivity index (χ4n) is 3.04. The van der Waals surface area contributed by atoms with Crippen molar-refractivity contribution >= 4 is 11.8 Å². The molecule has 0 saturated carbocycles. The minimum Gasteiger partial charge on any atom is -0.492 e. The van der Waals surface area contributed by atoms with Crippen molar-refractivity contribution in [2.75, 3.05) is 7.11 Å². The van der Waals surface area contributed by atoms with Crippen LogP contribution in [0.25, 0.3) is 0 Å². The van der Waals surface area contributed by atoms with E-state index in [0.29, 0.717) is 41.2 Å². The molecule has 3 rings (SSSR count). The van der Waals surface area contributed by atoms with Crippen LogP contribution < -0.4 is 14.2 Å². The summed E-state index contributed by atoms with van der Waals surface area (Å²) in [7, 11) is 1.53. The average Bonchev–Trinajstić information content (AvgIpc) is 2.96. The number of benzene rings is 1. The van der Waals surface area contributed by atoms with Gasteiger partial charge in [-0.2, -0.15) is 0 Å². The molecule has 2 aliphatic heterocycles. The predicted octanol–water partition coefficient (Wildman–Crippen LogP) is 1.61. The van der Waals surface area contributed by atoms with Crippen molar-refractivity contribution < 1.29 is 28.9 Å². The summed E-state index contributed by atoms with van der Waals surface area (Å²) in [5.74, 6) is -1.09. The molecule has 0 aromatic heterocycles. The van der Waals surface area contributed by atoms with Crippen LogP contribution in [0.5, 0.6) is 17.2 Å². The molecule has 2 aliphatic rings. The molecule has 1 aromatic rings. The Balaban J connectivity index is 2.30. The molecule has 6 nitrogen and oxygen atoms in total. The quantitative estimate of drug-likeness (QED) is 0.673. The Morgan fingerprint density at radius 2 is 1.67 bits per heavy atom. The van der Waals surface area contributed by atoms with Crippen LogP contribution in [0.4, 0.5) is 0 Å². The number of hydrogen-bond donors (Lipinski definition) is 1. The summed E-state index contributed by atoms with van der Waals surface area (Å²) in [5, 5.41) is 9.08. The van der Waals surface area contributed by atoms with Crippen LogP contribution in [0.3, 0.4) is 0 Å². The Hall–Kier alpha value is -2.24. The van der Waals surface area contributed by atoms with E-state index in [9.17, 15) is 9.59 Å². The summed E-state index contributed by atoms with van der Waals surface area (Å²) in [5.41, 5.74) is 1.39. The number of carboxylic acids is 1. The van der Waals surface area contributed by atoms with Crippen LogP contribution >= 0.6 is 0 Å². The van der Waals surface area contributed by atoms with Gasteiger partial charge in [0, 0.05) is 24.0 Å². The van der Waals surface area contributed by atoms with Crippen molar-refractivity contribution in [3.8, 4) is 17.2 Å². The van der Waals surface area contributed by atoms with Crippen LogP contribution in [0.1, 0.15) is 35.3 Å². The van der Waals surface area contributed by atoms with Gasteiger partial charge in [-0.05, 0) is 13.8 Å². The number of ketones is 1. The Bertz CT molecular complexity index is 609. The van der Waals surface area contributed by atoms with Gasteiger partial charge in [-0.25, -0.2) is 4.79 Å². The van der Waals surface area contributed by atoms with Gasteiger partial charge in [0.15, 0.2) is 11.5 Å². The summed E-state index contributed by atoms with van der Waals surface area (Å²) in [4.78, 5) is 23.2. The smallest absolute Gasteiger partial charge is 0.377 e. The Kier molecular flexibility index (Phi) is 3.04. The summed E-state index contributed by atoms with van der Waals surface area (Å²) in [6.45, 7) is 3.73. The number of aliphatic carboxylic acids is 1. The van der Waals surface area contributed by atoms with Gasteiger partial charge < -0.3 is 19.3 Å². The molecule has 0 fully saturated rings. The molecule has 2 heterocycles. The molecule has 21 heavy (non-hydrogen) atoms. The van der Waals surface area contributed by atoms with Crippen LogP contribution in [-0.2, 0) is 17.6 Å². The second kappa shape index (κ2) is 4.65. The van der Waals surface area contributed by atoms with Crippen LogP contribution in [0.15, 0.2) is 0 Å². The van der Waals surface area contributed by atoms with Gasteiger partial charge in [-0.1, -0.05) is 0 Å². The van der Waals surface area contributed by atoms with E-state index >= 15 is 0 Å². The van der Waals surface area contributed by atoms with Gasteiger partial charge in [0.25, 0.3) is 5.78 Å². The summed E-state index contributed by atoms with van der Waals surface area (Å²) < 4.78 is 16.9. The molecule has 1 aromatic carbocycles. The summed E-state index contributed by atoms with van der Waals surface area (Å²) >= 11 is 0. The molecular weight excluding hydrogens is 276 g/mol. The minimum absolute atomic E-state index is 0.113. The molecule has 0 spiro atoms. The highest BCUT2D eigenvalue weighted by Crippen LogP contribution is 2.51. The molecule has 2 unspecified atom stereocenters. The lowest BCUT2D eigenvalue weighted by molar-refractivity contribution is -0.131. The van der Waals surface area contributed by atoms with E-state index in [-0.39, 0.29) is 17.8 Å². The van der Waals surface area contributed by atoms with E-state index in [4.69, 9.17) is 19.3 Å². The van der Waals surface area contributed by atoms with Crippen molar-refractivity contribution in [1.82, 2.24) is 0 Å². The number of methoxy groups -OCH3 is 1. The maximum atomic E-state index is 12.1. The standard InChI is InChI=1S/C15H16O6/c1-6-4-8-10(11(16)15(17)18)12-9(5-7(2)20-12)13(19-3)14(8)21-6/h6-7H,4-5H2,1-3H3,(H,17,18). The first kappa shape index (κ1) is 13.7. The molecule has 112 valence electrons. The van der Waals surface area contributed by atoms with E-state index in [0.717, 1.165) is 0 Å². The number of Topliss-reactive ketones (excluding diaryl/α,β-unsaturated/α-hetero) is 1. The number of carbonyl (C=O) groups is 2. The van der Waals surface area contributed by atoms with Gasteiger partial charge in [0.2, 0.25) is 0 Å². The number of carbonyl (C=O) groups excluding carboxylic acids is 1. The fraction of sp³-hybridized carbons (Fsp3) is 0.467. The number of rotatable bonds is 3. The average molecular weight is 292 g/mol. The third-order valence-corrected chi connectivity index (χ3v) is 3.80. The lowest BCUT2D eigenvalue weighted by atomic mass is 9.94. The zero-order valence-corrected chi connectivity index (χ0v) is 12.1. The third-order valence-electron chi connectivity index (χ3n) is 3.80. The highest BCUT2D eigenvalue weighted by molar-refractivity contribution is 6.41. The molecule has 0 aliphatic carbocycles. The van der Waals surface area contributed by atoms with Crippen LogP contribution in [0.2, 0.25) is 0 Å². The van der Waals surface area contributed by atoms with Crippen molar-refractivity contribution in [2.24, 2.45) is 0 Å². The van der Waals surface area contributed by atoms with Crippen LogP contribution in [-0.4, -0.2) is 36.2 Å². The molecule has 0 radical (unpaired) electrons. The number of fused-ring (bicyclic) bond motifs is 2. The van der Waals surface area contributed by atoms with Crippen molar-refractivity contribution in [3.63, 3.8) is 0 Å². The Labute approximate surface area is 121 Å².